The molecule has 0 saturated carbocycles. The molecule has 118 valence electrons. The molecule has 5 nitrogen and oxygen atoms in total. The highest BCUT2D eigenvalue weighted by Crippen LogP contribution is 2.25. The van der Waals surface area contributed by atoms with Gasteiger partial charge in [-0.1, -0.05) is 30.3 Å². The van der Waals surface area contributed by atoms with E-state index < -0.39 is 12.1 Å². The van der Waals surface area contributed by atoms with Crippen molar-refractivity contribution in [3.8, 4) is 0 Å². The second-order valence-corrected chi connectivity index (χ2v) is 5.66. The Morgan fingerprint density at radius 2 is 1.83 bits per heavy atom. The minimum absolute atomic E-state index is 0.317. The van der Waals surface area contributed by atoms with Crippen LogP contribution in [0.25, 0.3) is 0 Å². The fraction of sp³-hybridized carbons (Fsp3) is 0.222. The lowest BCUT2D eigenvalue weighted by Gasteiger charge is -2.25. The lowest BCUT2D eigenvalue weighted by molar-refractivity contribution is -0.125. The van der Waals surface area contributed by atoms with Gasteiger partial charge < -0.3 is 15.0 Å². The molecule has 1 N–H and O–H groups in total. The minimum atomic E-state index is -0.812. The number of anilines is 2. The number of nitrogens with one attached hydrogen (secondary N) is 1. The molecular weight excluding hydrogens is 292 g/mol. The maximum atomic E-state index is 12.5. The number of benzene rings is 2. The Bertz CT molecular complexity index is 755. The van der Waals surface area contributed by atoms with Gasteiger partial charge in [-0.25, -0.2) is 4.79 Å². The molecule has 1 atom stereocenters. The average Bonchev–Trinajstić information content (AvgIpc) is 2.55. The first-order chi connectivity index (χ1) is 11.1. The van der Waals surface area contributed by atoms with E-state index in [0.29, 0.717) is 17.7 Å². The maximum Gasteiger partial charge on any atom is 0.339 e. The lowest BCUT2D eigenvalue weighted by atomic mass is 9.98. The summed E-state index contributed by atoms with van der Waals surface area (Å²) in [5.41, 5.74) is 2.95. The molecule has 1 aliphatic heterocycles. The first-order valence-electron chi connectivity index (χ1n) is 7.42. The number of esters is 1. The third-order valence-electron chi connectivity index (χ3n) is 3.83. The standard InChI is InChI=1S/C18H18N2O3/c1-20(2)15-10-6-5-9-14(15)19-17(21)16-11-12-7-3-4-8-13(12)18(22)23-16/h3-10,16H,11H2,1-2H3,(H,19,21)/t16-/m0/s1. The molecule has 0 bridgehead atoms. The van der Waals surface area contributed by atoms with Crippen LogP contribution in [0.3, 0.4) is 0 Å². The summed E-state index contributed by atoms with van der Waals surface area (Å²) in [4.78, 5) is 26.4. The number of carbonyl (C=O) groups excluding carboxylic acids is 2. The fourth-order valence-electron chi connectivity index (χ4n) is 2.66. The topological polar surface area (TPSA) is 58.6 Å². The molecule has 0 aromatic heterocycles. The second kappa shape index (κ2) is 6.12. The highest BCUT2D eigenvalue weighted by Gasteiger charge is 2.31. The van der Waals surface area contributed by atoms with Crippen LogP contribution in [0.5, 0.6) is 0 Å². The van der Waals surface area contributed by atoms with E-state index in [9.17, 15) is 9.59 Å². The zero-order valence-electron chi connectivity index (χ0n) is 13.1. The molecule has 5 heteroatoms. The highest BCUT2D eigenvalue weighted by atomic mass is 16.5. The number of carbonyl (C=O) groups is 2. The molecule has 0 radical (unpaired) electrons. The minimum Gasteiger partial charge on any atom is -0.448 e. The number of nitrogens with zero attached hydrogens (tertiary/aromatic N) is 1. The van der Waals surface area contributed by atoms with Crippen LogP contribution in [-0.2, 0) is 16.0 Å². The molecule has 0 fully saturated rings. The van der Waals surface area contributed by atoms with E-state index in [1.807, 2.05) is 55.4 Å². The lowest BCUT2D eigenvalue weighted by Crippen LogP contribution is -2.38. The van der Waals surface area contributed by atoms with Crippen LogP contribution in [0.1, 0.15) is 15.9 Å². The van der Waals surface area contributed by atoms with Crippen molar-refractivity contribution < 1.29 is 14.3 Å². The first kappa shape index (κ1) is 15.1. The van der Waals surface area contributed by atoms with Crippen molar-refractivity contribution in [1.82, 2.24) is 0 Å². The summed E-state index contributed by atoms with van der Waals surface area (Å²) < 4.78 is 5.28. The molecule has 0 unspecified atom stereocenters. The van der Waals surface area contributed by atoms with Crippen molar-refractivity contribution in [2.24, 2.45) is 0 Å². The average molecular weight is 310 g/mol. The van der Waals surface area contributed by atoms with E-state index in [1.165, 1.54) is 0 Å². The monoisotopic (exact) mass is 310 g/mol. The third kappa shape index (κ3) is 3.04. The summed E-state index contributed by atoms with van der Waals surface area (Å²) in [6, 6.07) is 14.7. The fourth-order valence-corrected chi connectivity index (χ4v) is 2.66. The Morgan fingerprint density at radius 3 is 2.61 bits per heavy atom. The molecule has 1 aliphatic rings. The summed E-state index contributed by atoms with van der Waals surface area (Å²) >= 11 is 0. The summed E-state index contributed by atoms with van der Waals surface area (Å²) in [7, 11) is 3.81. The summed E-state index contributed by atoms with van der Waals surface area (Å²) in [5.74, 6) is -0.768. The third-order valence-corrected chi connectivity index (χ3v) is 3.83. The normalized spacial score (nSPS) is 16.3. The summed E-state index contributed by atoms with van der Waals surface area (Å²) in [6.07, 6.45) is -0.426. The van der Waals surface area contributed by atoms with Gasteiger partial charge in [0.05, 0.1) is 16.9 Å². The summed E-state index contributed by atoms with van der Waals surface area (Å²) in [6.45, 7) is 0. The number of ether oxygens (including phenoxy) is 1. The van der Waals surface area contributed by atoms with Crippen LogP contribution in [-0.4, -0.2) is 32.1 Å². The van der Waals surface area contributed by atoms with Crippen LogP contribution in [0.4, 0.5) is 11.4 Å². The van der Waals surface area contributed by atoms with Gasteiger partial charge in [-0.2, -0.15) is 0 Å². The Morgan fingerprint density at radius 1 is 1.13 bits per heavy atom. The van der Waals surface area contributed by atoms with Crippen molar-refractivity contribution in [3.05, 3.63) is 59.7 Å². The summed E-state index contributed by atoms with van der Waals surface area (Å²) in [5, 5.41) is 2.86. The highest BCUT2D eigenvalue weighted by molar-refractivity contribution is 6.01. The number of hydrogen-bond acceptors (Lipinski definition) is 4. The van der Waals surface area contributed by atoms with Crippen LogP contribution in [0.2, 0.25) is 0 Å². The van der Waals surface area contributed by atoms with Gasteiger partial charge in [0.15, 0.2) is 6.10 Å². The van der Waals surface area contributed by atoms with Gasteiger partial charge in [-0.3, -0.25) is 4.79 Å². The van der Waals surface area contributed by atoms with Crippen molar-refractivity contribution in [2.45, 2.75) is 12.5 Å². The van der Waals surface area contributed by atoms with E-state index in [2.05, 4.69) is 5.32 Å². The van der Waals surface area contributed by atoms with Crippen molar-refractivity contribution in [3.63, 3.8) is 0 Å². The first-order valence-corrected chi connectivity index (χ1v) is 7.42. The number of para-hydroxylation sites is 2. The number of amides is 1. The van der Waals surface area contributed by atoms with Gasteiger partial charge >= 0.3 is 5.97 Å². The van der Waals surface area contributed by atoms with Gasteiger partial charge in [0.25, 0.3) is 5.91 Å². The zero-order valence-corrected chi connectivity index (χ0v) is 13.1. The Kier molecular flexibility index (Phi) is 4.02. The van der Waals surface area contributed by atoms with Crippen molar-refractivity contribution >= 4 is 23.3 Å². The predicted molar refractivity (Wildman–Crippen MR) is 88.7 cm³/mol. The van der Waals surface area contributed by atoms with Crippen LogP contribution >= 0.6 is 0 Å². The van der Waals surface area contributed by atoms with Gasteiger partial charge in [0, 0.05) is 20.5 Å². The molecule has 23 heavy (non-hydrogen) atoms. The number of rotatable bonds is 3. The van der Waals surface area contributed by atoms with E-state index in [0.717, 1.165) is 11.3 Å². The molecule has 2 aromatic carbocycles. The number of hydrogen-bond donors (Lipinski definition) is 1. The molecule has 3 rings (SSSR count). The van der Waals surface area contributed by atoms with Gasteiger partial charge in [-0.05, 0) is 23.8 Å². The van der Waals surface area contributed by atoms with Crippen LogP contribution < -0.4 is 10.2 Å². The maximum absolute atomic E-state index is 12.5. The van der Waals surface area contributed by atoms with E-state index in [-0.39, 0.29) is 5.91 Å². The van der Waals surface area contributed by atoms with Gasteiger partial charge in [-0.15, -0.1) is 0 Å². The van der Waals surface area contributed by atoms with Gasteiger partial charge in [0.1, 0.15) is 0 Å². The molecule has 0 spiro atoms. The molecular formula is C18H18N2O3. The van der Waals surface area contributed by atoms with Crippen molar-refractivity contribution in [2.75, 3.05) is 24.3 Å². The molecule has 0 aliphatic carbocycles. The van der Waals surface area contributed by atoms with E-state index in [4.69, 9.17) is 4.74 Å². The second-order valence-electron chi connectivity index (χ2n) is 5.66. The van der Waals surface area contributed by atoms with Crippen LogP contribution in [0, 0.1) is 0 Å². The molecule has 1 amide bonds. The molecule has 1 heterocycles. The van der Waals surface area contributed by atoms with Crippen molar-refractivity contribution in [1.29, 1.82) is 0 Å². The quantitative estimate of drug-likeness (QED) is 0.885. The zero-order chi connectivity index (χ0) is 16.4. The number of fused-ring (bicyclic) bond motifs is 1. The Hall–Kier alpha value is -2.82. The van der Waals surface area contributed by atoms with Gasteiger partial charge in [0.2, 0.25) is 0 Å². The smallest absolute Gasteiger partial charge is 0.339 e. The largest absolute Gasteiger partial charge is 0.448 e. The number of cyclic esters (lactones) is 1. The molecule has 0 saturated heterocycles. The SMILES string of the molecule is CN(C)c1ccccc1NC(=O)[C@@H]1Cc2ccccc2C(=O)O1. The predicted octanol–water partition coefficient (Wildman–Crippen LogP) is 2.47. The Labute approximate surface area is 134 Å². The van der Waals surface area contributed by atoms with Crippen LogP contribution in [0.15, 0.2) is 48.5 Å². The van der Waals surface area contributed by atoms with E-state index >= 15 is 0 Å². The molecule has 2 aromatic rings. The Balaban J connectivity index is 1.79. The van der Waals surface area contributed by atoms with E-state index in [1.54, 1.807) is 12.1 Å².